The van der Waals surface area contributed by atoms with E-state index in [4.69, 9.17) is 0 Å². The fourth-order valence-corrected chi connectivity index (χ4v) is 3.50. The molecule has 2 amide bonds. The second-order valence-electron chi connectivity index (χ2n) is 5.35. The molecular weight excluding hydrogens is 313 g/mol. The topological polar surface area (TPSA) is 78.5 Å². The zero-order chi connectivity index (χ0) is 16.4. The maximum absolute atomic E-state index is 12.4. The van der Waals surface area contributed by atoms with Gasteiger partial charge in [0.2, 0.25) is 0 Å². The quantitative estimate of drug-likeness (QED) is 0.791. The summed E-state index contributed by atoms with van der Waals surface area (Å²) in [5.41, 5.74) is 2.17. The summed E-state index contributed by atoms with van der Waals surface area (Å²) >= 11 is 0. The summed E-state index contributed by atoms with van der Waals surface area (Å²) in [6, 6.07) is 13.3. The van der Waals surface area contributed by atoms with Crippen LogP contribution in [0, 0.1) is 0 Å². The Bertz CT molecular complexity index is 837. The number of benzene rings is 2. The molecule has 0 radical (unpaired) electrons. The van der Waals surface area contributed by atoms with Gasteiger partial charge in [-0.05, 0) is 36.4 Å². The third kappa shape index (κ3) is 3.32. The Kier molecular flexibility index (Phi) is 4.00. The number of carbonyl (C=O) groups excluding carboxylic acids is 1. The fourth-order valence-electron chi connectivity index (χ4n) is 2.45. The molecule has 118 valence electrons. The van der Waals surface area contributed by atoms with Crippen molar-refractivity contribution < 1.29 is 13.2 Å². The van der Waals surface area contributed by atoms with Gasteiger partial charge in [-0.3, -0.25) is 9.62 Å². The molecular formula is C15H16BN3O3S. The standard InChI is InChI=1S/C15H16BN3O3S/c16-11-2-1-3-12(10-11)18-23(21,22)14-6-4-13(5-7-14)19-9-8-17-15(19)20/h1-7,10,18H,8-9,16H2,(H,17,20). The van der Waals surface area contributed by atoms with E-state index in [0.29, 0.717) is 24.5 Å². The molecule has 1 aliphatic rings. The molecule has 1 heterocycles. The van der Waals surface area contributed by atoms with E-state index in [9.17, 15) is 13.2 Å². The van der Waals surface area contributed by atoms with Crippen molar-refractivity contribution in [3.8, 4) is 0 Å². The number of hydrogen-bond donors (Lipinski definition) is 2. The first-order valence-electron chi connectivity index (χ1n) is 7.21. The summed E-state index contributed by atoms with van der Waals surface area (Å²) in [7, 11) is -1.76. The molecule has 3 rings (SSSR count). The summed E-state index contributed by atoms with van der Waals surface area (Å²) in [6.45, 7) is 1.17. The van der Waals surface area contributed by atoms with Crippen molar-refractivity contribution in [1.29, 1.82) is 0 Å². The van der Waals surface area contributed by atoms with Gasteiger partial charge in [0.1, 0.15) is 7.85 Å². The van der Waals surface area contributed by atoms with E-state index in [0.717, 1.165) is 5.46 Å². The van der Waals surface area contributed by atoms with Gasteiger partial charge in [-0.25, -0.2) is 13.2 Å². The molecule has 0 aromatic heterocycles. The van der Waals surface area contributed by atoms with Gasteiger partial charge >= 0.3 is 6.03 Å². The largest absolute Gasteiger partial charge is 0.336 e. The number of anilines is 2. The number of urea groups is 1. The first-order valence-corrected chi connectivity index (χ1v) is 8.69. The Morgan fingerprint density at radius 1 is 1.13 bits per heavy atom. The van der Waals surface area contributed by atoms with Crippen LogP contribution in [0.3, 0.4) is 0 Å². The van der Waals surface area contributed by atoms with Crippen molar-refractivity contribution in [2.75, 3.05) is 22.7 Å². The summed E-state index contributed by atoms with van der Waals surface area (Å²) in [5.74, 6) is 0. The van der Waals surface area contributed by atoms with Crippen LogP contribution in [-0.4, -0.2) is 35.4 Å². The van der Waals surface area contributed by atoms with E-state index in [1.54, 1.807) is 35.2 Å². The maximum Gasteiger partial charge on any atom is 0.321 e. The molecule has 1 aliphatic heterocycles. The van der Waals surface area contributed by atoms with Gasteiger partial charge in [0.25, 0.3) is 10.0 Å². The van der Waals surface area contributed by atoms with Crippen LogP contribution >= 0.6 is 0 Å². The lowest BCUT2D eigenvalue weighted by Crippen LogP contribution is -2.27. The molecule has 0 spiro atoms. The lowest BCUT2D eigenvalue weighted by atomic mass is 9.96. The van der Waals surface area contributed by atoms with Crippen molar-refractivity contribution in [2.24, 2.45) is 0 Å². The highest BCUT2D eigenvalue weighted by molar-refractivity contribution is 7.92. The third-order valence-electron chi connectivity index (χ3n) is 3.59. The highest BCUT2D eigenvalue weighted by atomic mass is 32.2. The van der Waals surface area contributed by atoms with Gasteiger partial charge in [-0.2, -0.15) is 0 Å². The van der Waals surface area contributed by atoms with E-state index in [2.05, 4.69) is 10.0 Å². The van der Waals surface area contributed by atoms with Crippen LogP contribution in [0.25, 0.3) is 0 Å². The Hall–Kier alpha value is -2.48. The number of rotatable bonds is 4. The summed E-state index contributed by atoms with van der Waals surface area (Å²) in [4.78, 5) is 13.3. The minimum absolute atomic E-state index is 0.155. The molecule has 0 atom stereocenters. The molecule has 6 nitrogen and oxygen atoms in total. The first-order chi connectivity index (χ1) is 11.0. The molecule has 0 aliphatic carbocycles. The Labute approximate surface area is 136 Å². The molecule has 0 unspecified atom stereocenters. The summed E-state index contributed by atoms with van der Waals surface area (Å²) < 4.78 is 27.4. The maximum atomic E-state index is 12.4. The van der Waals surface area contributed by atoms with E-state index in [-0.39, 0.29) is 10.9 Å². The van der Waals surface area contributed by atoms with Crippen LogP contribution in [-0.2, 0) is 10.0 Å². The monoisotopic (exact) mass is 329 g/mol. The average molecular weight is 329 g/mol. The molecule has 23 heavy (non-hydrogen) atoms. The lowest BCUT2D eigenvalue weighted by molar-refractivity contribution is 0.252. The highest BCUT2D eigenvalue weighted by Gasteiger charge is 2.22. The molecule has 1 fully saturated rings. The van der Waals surface area contributed by atoms with Gasteiger partial charge in [-0.15, -0.1) is 0 Å². The van der Waals surface area contributed by atoms with Gasteiger partial charge < -0.3 is 5.32 Å². The molecule has 2 N–H and O–H groups in total. The fraction of sp³-hybridized carbons (Fsp3) is 0.133. The molecule has 8 heteroatoms. The molecule has 2 aromatic rings. The molecule has 2 aromatic carbocycles. The van der Waals surface area contributed by atoms with Crippen molar-refractivity contribution in [3.05, 3.63) is 48.5 Å². The second-order valence-corrected chi connectivity index (χ2v) is 7.03. The minimum atomic E-state index is -3.65. The lowest BCUT2D eigenvalue weighted by Gasteiger charge is -2.15. The van der Waals surface area contributed by atoms with Gasteiger partial charge in [0.05, 0.1) is 4.90 Å². The highest BCUT2D eigenvalue weighted by Crippen LogP contribution is 2.21. The smallest absolute Gasteiger partial charge is 0.321 e. The Balaban J connectivity index is 1.81. The van der Waals surface area contributed by atoms with Crippen LogP contribution in [0.1, 0.15) is 0 Å². The van der Waals surface area contributed by atoms with Crippen molar-refractivity contribution in [1.82, 2.24) is 5.32 Å². The zero-order valence-corrected chi connectivity index (χ0v) is 13.4. The predicted octanol–water partition coefficient (Wildman–Crippen LogP) is 0.275. The van der Waals surface area contributed by atoms with Gasteiger partial charge in [0.15, 0.2) is 0 Å². The molecule has 1 saturated heterocycles. The van der Waals surface area contributed by atoms with Crippen LogP contribution in [0.2, 0.25) is 0 Å². The SMILES string of the molecule is Bc1cccc(NS(=O)(=O)c2ccc(N3CCNC3=O)cc2)c1. The van der Waals surface area contributed by atoms with Crippen LogP contribution in [0.15, 0.2) is 53.4 Å². The minimum Gasteiger partial charge on any atom is -0.336 e. The van der Waals surface area contributed by atoms with Gasteiger partial charge in [-0.1, -0.05) is 17.6 Å². The number of hydrogen-bond acceptors (Lipinski definition) is 3. The number of carbonyl (C=O) groups is 1. The number of nitrogens with zero attached hydrogens (tertiary/aromatic N) is 1. The normalized spacial score (nSPS) is 14.6. The van der Waals surface area contributed by atoms with Crippen molar-refractivity contribution in [3.63, 3.8) is 0 Å². The van der Waals surface area contributed by atoms with Crippen LogP contribution < -0.4 is 20.4 Å². The van der Waals surface area contributed by atoms with Gasteiger partial charge in [0, 0.05) is 24.5 Å². The van der Waals surface area contributed by atoms with Crippen LogP contribution in [0.4, 0.5) is 16.2 Å². The second kappa shape index (κ2) is 5.96. The van der Waals surface area contributed by atoms with Crippen LogP contribution in [0.5, 0.6) is 0 Å². The predicted molar refractivity (Wildman–Crippen MR) is 92.6 cm³/mol. The third-order valence-corrected chi connectivity index (χ3v) is 4.98. The summed E-state index contributed by atoms with van der Waals surface area (Å²) in [5, 5.41) is 2.71. The van der Waals surface area contributed by atoms with Crippen molar-refractivity contribution >= 4 is 40.7 Å². The van der Waals surface area contributed by atoms with Crippen molar-refractivity contribution in [2.45, 2.75) is 4.90 Å². The first kappa shape index (κ1) is 15.4. The number of amides is 2. The molecule has 0 saturated carbocycles. The van der Waals surface area contributed by atoms with E-state index < -0.39 is 10.0 Å². The Morgan fingerprint density at radius 3 is 2.48 bits per heavy atom. The Morgan fingerprint density at radius 2 is 1.87 bits per heavy atom. The van der Waals surface area contributed by atoms with E-state index >= 15 is 0 Å². The average Bonchev–Trinajstić information content (AvgIpc) is 2.93. The molecule has 0 bridgehead atoms. The van der Waals surface area contributed by atoms with E-state index in [1.165, 1.54) is 12.1 Å². The number of sulfonamides is 1. The zero-order valence-electron chi connectivity index (χ0n) is 12.6. The summed E-state index contributed by atoms with van der Waals surface area (Å²) in [6.07, 6.45) is 0. The number of nitrogens with one attached hydrogen (secondary N) is 2. The van der Waals surface area contributed by atoms with E-state index in [1.807, 2.05) is 13.9 Å².